The summed E-state index contributed by atoms with van der Waals surface area (Å²) in [5, 5.41) is 12.8. The van der Waals surface area contributed by atoms with E-state index in [1.807, 2.05) is 13.8 Å². The van der Waals surface area contributed by atoms with Crippen molar-refractivity contribution in [2.45, 2.75) is 33.1 Å². The highest BCUT2D eigenvalue weighted by Gasteiger charge is 2.61. The van der Waals surface area contributed by atoms with Gasteiger partial charge in [-0.05, 0) is 24.2 Å². The number of carbonyl (C=O) groups is 1. The Morgan fingerprint density at radius 1 is 1.56 bits per heavy atom. The second-order valence-corrected chi connectivity index (χ2v) is 5.51. The van der Waals surface area contributed by atoms with E-state index in [0.29, 0.717) is 12.5 Å². The van der Waals surface area contributed by atoms with Gasteiger partial charge < -0.3 is 9.94 Å². The van der Waals surface area contributed by atoms with E-state index in [4.69, 9.17) is 9.94 Å². The molecule has 0 heterocycles. The number of carboxylic acids is 1. The SMILES string of the molecule is CC1(C)C(C=NOCC2CCC2)C1C(=O)O. The molecule has 90 valence electrons. The third kappa shape index (κ3) is 2.06. The van der Waals surface area contributed by atoms with Gasteiger partial charge in [0.15, 0.2) is 0 Å². The van der Waals surface area contributed by atoms with Gasteiger partial charge in [-0.15, -0.1) is 0 Å². The van der Waals surface area contributed by atoms with Gasteiger partial charge in [-0.3, -0.25) is 4.79 Å². The number of carboxylic acid groups (broad SMARTS) is 1. The molecule has 0 bridgehead atoms. The summed E-state index contributed by atoms with van der Waals surface area (Å²) in [6.45, 7) is 4.59. The Kier molecular flexibility index (Phi) is 2.91. The molecule has 0 saturated heterocycles. The summed E-state index contributed by atoms with van der Waals surface area (Å²) in [7, 11) is 0. The van der Waals surface area contributed by atoms with Crippen LogP contribution in [0.1, 0.15) is 33.1 Å². The van der Waals surface area contributed by atoms with E-state index in [-0.39, 0.29) is 17.3 Å². The first kappa shape index (κ1) is 11.4. The molecular formula is C12H19NO3. The molecule has 2 atom stereocenters. The molecule has 2 fully saturated rings. The average molecular weight is 225 g/mol. The molecule has 4 nitrogen and oxygen atoms in total. The highest BCUT2D eigenvalue weighted by Crippen LogP contribution is 2.57. The number of nitrogens with zero attached hydrogens (tertiary/aromatic N) is 1. The van der Waals surface area contributed by atoms with E-state index < -0.39 is 5.97 Å². The minimum absolute atomic E-state index is 0.0198. The van der Waals surface area contributed by atoms with Crippen molar-refractivity contribution >= 4 is 12.2 Å². The highest BCUT2D eigenvalue weighted by molar-refractivity contribution is 5.84. The molecule has 2 saturated carbocycles. The lowest BCUT2D eigenvalue weighted by atomic mass is 9.86. The largest absolute Gasteiger partial charge is 0.481 e. The van der Waals surface area contributed by atoms with Gasteiger partial charge >= 0.3 is 5.97 Å². The zero-order valence-electron chi connectivity index (χ0n) is 9.85. The third-order valence-corrected chi connectivity index (χ3v) is 4.01. The standard InChI is InChI=1S/C12H19NO3/c1-12(2)9(10(12)11(14)15)6-13-16-7-8-4-3-5-8/h6,8-10H,3-5,7H2,1-2H3,(H,14,15). The van der Waals surface area contributed by atoms with Gasteiger partial charge in [0, 0.05) is 12.1 Å². The summed E-state index contributed by atoms with van der Waals surface area (Å²) in [4.78, 5) is 16.1. The molecule has 4 heteroatoms. The van der Waals surface area contributed by atoms with Crippen molar-refractivity contribution in [3.05, 3.63) is 0 Å². The lowest BCUT2D eigenvalue weighted by Crippen LogP contribution is -2.16. The smallest absolute Gasteiger partial charge is 0.307 e. The lowest BCUT2D eigenvalue weighted by molar-refractivity contribution is -0.139. The Balaban J connectivity index is 1.73. The van der Waals surface area contributed by atoms with Crippen LogP contribution in [0.25, 0.3) is 0 Å². The number of oxime groups is 1. The zero-order chi connectivity index (χ0) is 11.8. The van der Waals surface area contributed by atoms with Gasteiger partial charge in [-0.25, -0.2) is 0 Å². The molecule has 2 unspecified atom stereocenters. The van der Waals surface area contributed by atoms with Crippen molar-refractivity contribution in [2.75, 3.05) is 6.61 Å². The Morgan fingerprint density at radius 3 is 2.69 bits per heavy atom. The molecule has 0 spiro atoms. The van der Waals surface area contributed by atoms with Gasteiger partial charge in [0.25, 0.3) is 0 Å². The van der Waals surface area contributed by atoms with Crippen LogP contribution in [0.3, 0.4) is 0 Å². The molecule has 16 heavy (non-hydrogen) atoms. The second-order valence-electron chi connectivity index (χ2n) is 5.51. The number of rotatable bonds is 5. The third-order valence-electron chi connectivity index (χ3n) is 4.01. The normalized spacial score (nSPS) is 32.4. The summed E-state index contributed by atoms with van der Waals surface area (Å²) in [5.41, 5.74) is -0.171. The van der Waals surface area contributed by atoms with Gasteiger partial charge in [0.1, 0.15) is 6.61 Å². The van der Waals surface area contributed by atoms with E-state index >= 15 is 0 Å². The van der Waals surface area contributed by atoms with E-state index in [1.165, 1.54) is 19.3 Å². The van der Waals surface area contributed by atoms with Crippen molar-refractivity contribution < 1.29 is 14.7 Å². The predicted octanol–water partition coefficient (Wildman–Crippen LogP) is 2.15. The van der Waals surface area contributed by atoms with E-state index in [0.717, 1.165) is 0 Å². The monoisotopic (exact) mass is 225 g/mol. The summed E-state index contributed by atoms with van der Waals surface area (Å²) in [5.74, 6) is -0.352. The fourth-order valence-corrected chi connectivity index (χ4v) is 2.34. The van der Waals surface area contributed by atoms with Gasteiger partial charge in [-0.1, -0.05) is 25.4 Å². The Morgan fingerprint density at radius 2 is 2.25 bits per heavy atom. The van der Waals surface area contributed by atoms with Crippen molar-refractivity contribution in [2.24, 2.45) is 28.3 Å². The van der Waals surface area contributed by atoms with Crippen LogP contribution in [0.15, 0.2) is 5.16 Å². The van der Waals surface area contributed by atoms with Crippen LogP contribution in [0, 0.1) is 23.2 Å². The molecule has 2 aliphatic rings. The van der Waals surface area contributed by atoms with Gasteiger partial charge in [0.2, 0.25) is 0 Å². The van der Waals surface area contributed by atoms with Crippen LogP contribution in [-0.2, 0) is 9.63 Å². The Labute approximate surface area is 95.7 Å². The van der Waals surface area contributed by atoms with Crippen molar-refractivity contribution in [3.63, 3.8) is 0 Å². The molecule has 0 aromatic carbocycles. The molecule has 0 radical (unpaired) electrons. The number of hydrogen-bond donors (Lipinski definition) is 1. The molecule has 2 aliphatic carbocycles. The number of hydrogen-bond acceptors (Lipinski definition) is 3. The van der Waals surface area contributed by atoms with Crippen molar-refractivity contribution in [1.82, 2.24) is 0 Å². The van der Waals surface area contributed by atoms with Gasteiger partial charge in [0.05, 0.1) is 5.92 Å². The molecule has 0 amide bonds. The number of aliphatic carboxylic acids is 1. The van der Waals surface area contributed by atoms with Crippen LogP contribution in [0.5, 0.6) is 0 Å². The minimum Gasteiger partial charge on any atom is -0.481 e. The summed E-state index contributed by atoms with van der Waals surface area (Å²) >= 11 is 0. The van der Waals surface area contributed by atoms with Crippen LogP contribution in [0.2, 0.25) is 0 Å². The molecular weight excluding hydrogens is 206 g/mol. The van der Waals surface area contributed by atoms with E-state index in [1.54, 1.807) is 6.21 Å². The van der Waals surface area contributed by atoms with E-state index in [2.05, 4.69) is 5.16 Å². The second kappa shape index (κ2) is 4.07. The maximum atomic E-state index is 10.9. The fourth-order valence-electron chi connectivity index (χ4n) is 2.34. The van der Waals surface area contributed by atoms with Crippen LogP contribution < -0.4 is 0 Å². The molecule has 0 aliphatic heterocycles. The summed E-state index contributed by atoms with van der Waals surface area (Å²) in [6, 6.07) is 0. The molecule has 1 N–H and O–H groups in total. The average Bonchev–Trinajstić information content (AvgIpc) is 2.65. The maximum Gasteiger partial charge on any atom is 0.307 e. The van der Waals surface area contributed by atoms with Crippen LogP contribution >= 0.6 is 0 Å². The first-order chi connectivity index (χ1) is 7.53. The molecule has 2 rings (SSSR count). The predicted molar refractivity (Wildman–Crippen MR) is 60.2 cm³/mol. The van der Waals surface area contributed by atoms with Crippen molar-refractivity contribution in [3.8, 4) is 0 Å². The quantitative estimate of drug-likeness (QED) is 0.576. The summed E-state index contributed by atoms with van der Waals surface area (Å²) < 4.78 is 0. The summed E-state index contributed by atoms with van der Waals surface area (Å²) in [6.07, 6.45) is 5.44. The Bertz CT molecular complexity index is 307. The van der Waals surface area contributed by atoms with Crippen molar-refractivity contribution in [1.29, 1.82) is 0 Å². The molecule has 0 aromatic heterocycles. The first-order valence-corrected chi connectivity index (χ1v) is 5.91. The van der Waals surface area contributed by atoms with E-state index in [9.17, 15) is 4.79 Å². The Hall–Kier alpha value is -1.06. The van der Waals surface area contributed by atoms with Gasteiger partial charge in [-0.2, -0.15) is 0 Å². The first-order valence-electron chi connectivity index (χ1n) is 5.91. The fraction of sp³-hybridized carbons (Fsp3) is 0.833. The van der Waals surface area contributed by atoms with Crippen LogP contribution in [0.4, 0.5) is 0 Å². The molecule has 0 aromatic rings. The lowest BCUT2D eigenvalue weighted by Gasteiger charge is -2.23. The van der Waals surface area contributed by atoms with Crippen LogP contribution in [-0.4, -0.2) is 23.9 Å². The topological polar surface area (TPSA) is 58.9 Å². The zero-order valence-corrected chi connectivity index (χ0v) is 9.85. The highest BCUT2D eigenvalue weighted by atomic mass is 16.6. The maximum absolute atomic E-state index is 10.9. The minimum atomic E-state index is -0.736.